The highest BCUT2D eigenvalue weighted by atomic mass is 35.5. The molecule has 0 aliphatic carbocycles. The SMILES string of the molecule is C=CC(=O)N1C[C@H](C)N(c2nc(=O)n3c4c(c(-c5ccc(F)cc5F)c(Cl)cc24)OC[C@@H]3CN2CC3CCC(C2)N3C2COC2)C[C@H]1C. The van der Waals surface area contributed by atoms with Gasteiger partial charge in [0.25, 0.3) is 0 Å². The first-order valence-electron chi connectivity index (χ1n) is 16.8. The quantitative estimate of drug-likeness (QED) is 0.361. The Bertz CT molecular complexity index is 1850. The Morgan fingerprint density at radius 2 is 1.79 bits per heavy atom. The number of piperazine rings is 2. The van der Waals surface area contributed by atoms with Gasteiger partial charge in [0.1, 0.15) is 24.1 Å². The Hall–Kier alpha value is -3.58. The Morgan fingerprint density at radius 3 is 2.46 bits per heavy atom. The van der Waals surface area contributed by atoms with Crippen molar-refractivity contribution >= 4 is 34.2 Å². The van der Waals surface area contributed by atoms with Gasteiger partial charge in [-0.1, -0.05) is 18.2 Å². The molecule has 5 aliphatic rings. The number of carbonyl (C=O) groups excluding carboxylic acids is 1. The van der Waals surface area contributed by atoms with Crippen molar-refractivity contribution in [2.45, 2.75) is 62.9 Å². The molecule has 48 heavy (non-hydrogen) atoms. The summed E-state index contributed by atoms with van der Waals surface area (Å²) in [5.74, 6) is -0.931. The molecule has 2 aromatic carbocycles. The molecule has 4 fully saturated rings. The predicted octanol–water partition coefficient (Wildman–Crippen LogP) is 4.09. The fraction of sp³-hybridized carbons (Fsp3) is 0.514. The first-order valence-corrected chi connectivity index (χ1v) is 17.1. The maximum atomic E-state index is 15.3. The standard InChI is InChI=1S/C35H39ClF2N6O4/c1-4-30(45)41-11-20(3)42(12-19(41)2)34-27-10-28(36)31(26-8-5-21(37)9-29(26)38)33-32(27)44(35(46)39-34)24(18-48-33)15-40-13-22-6-7-23(14-40)43(22)25-16-47-17-25/h4-5,8-10,19-20,22-25H,1,6-7,11-18H2,2-3H3/t19-,20+,22?,23?,24+/m1/s1. The van der Waals surface area contributed by atoms with Crippen LogP contribution in [0.4, 0.5) is 14.6 Å². The van der Waals surface area contributed by atoms with E-state index in [9.17, 15) is 14.0 Å². The lowest BCUT2D eigenvalue weighted by molar-refractivity contribution is -0.128. The average molecular weight is 681 g/mol. The number of benzene rings is 2. The van der Waals surface area contributed by atoms with E-state index in [2.05, 4.69) is 21.4 Å². The van der Waals surface area contributed by atoms with Gasteiger partial charge < -0.3 is 19.3 Å². The zero-order valence-electron chi connectivity index (χ0n) is 27.1. The zero-order valence-corrected chi connectivity index (χ0v) is 27.8. The van der Waals surface area contributed by atoms with E-state index in [0.29, 0.717) is 54.5 Å². The molecule has 8 rings (SSSR count). The second-order valence-corrected chi connectivity index (χ2v) is 14.3. The third kappa shape index (κ3) is 5.10. The van der Waals surface area contributed by atoms with Crippen LogP contribution < -0.4 is 15.3 Å². The van der Waals surface area contributed by atoms with E-state index in [4.69, 9.17) is 21.1 Å². The number of hydrogen-bond donors (Lipinski definition) is 0. The smallest absolute Gasteiger partial charge is 0.350 e. The number of halogens is 3. The van der Waals surface area contributed by atoms with Crippen molar-refractivity contribution < 1.29 is 23.0 Å². The minimum atomic E-state index is -0.780. The molecule has 3 aromatic rings. The third-order valence-corrected chi connectivity index (χ3v) is 11.2. The van der Waals surface area contributed by atoms with Crippen LogP contribution in [0.5, 0.6) is 5.75 Å². The van der Waals surface area contributed by atoms with Crippen LogP contribution in [-0.4, -0.2) is 113 Å². The van der Waals surface area contributed by atoms with Gasteiger partial charge >= 0.3 is 5.69 Å². The monoisotopic (exact) mass is 680 g/mol. The molecular formula is C35H39ClF2N6O4. The predicted molar refractivity (Wildman–Crippen MR) is 179 cm³/mol. The average Bonchev–Trinajstić information content (AvgIpc) is 3.27. The van der Waals surface area contributed by atoms with Crippen LogP contribution in [0, 0.1) is 11.6 Å². The Kier molecular flexibility index (Phi) is 7.97. The normalized spacial score (nSPS) is 27.6. The van der Waals surface area contributed by atoms with Crippen molar-refractivity contribution in [2.24, 2.45) is 0 Å². The van der Waals surface area contributed by atoms with E-state index >= 15 is 4.39 Å². The number of amides is 1. The minimum Gasteiger partial charge on any atom is -0.488 e. The van der Waals surface area contributed by atoms with E-state index in [-0.39, 0.29) is 52.5 Å². The number of carbonyl (C=O) groups is 1. The van der Waals surface area contributed by atoms with Crippen molar-refractivity contribution in [1.29, 1.82) is 0 Å². The highest BCUT2D eigenvalue weighted by Gasteiger charge is 2.46. The third-order valence-electron chi connectivity index (χ3n) is 10.9. The van der Waals surface area contributed by atoms with Crippen LogP contribution in [0.2, 0.25) is 5.02 Å². The highest BCUT2D eigenvalue weighted by Crippen LogP contribution is 2.47. The van der Waals surface area contributed by atoms with Crippen LogP contribution in [0.1, 0.15) is 32.7 Å². The fourth-order valence-electron chi connectivity index (χ4n) is 8.66. The second-order valence-electron chi connectivity index (χ2n) is 13.9. The zero-order chi connectivity index (χ0) is 33.4. The van der Waals surface area contributed by atoms with Crippen LogP contribution in [0.15, 0.2) is 41.7 Å². The summed E-state index contributed by atoms with van der Waals surface area (Å²) in [7, 11) is 0. The van der Waals surface area contributed by atoms with Gasteiger partial charge in [-0.2, -0.15) is 4.98 Å². The van der Waals surface area contributed by atoms with E-state index in [1.807, 2.05) is 18.7 Å². The number of fused-ring (bicyclic) bond motifs is 2. The van der Waals surface area contributed by atoms with E-state index < -0.39 is 17.3 Å². The van der Waals surface area contributed by atoms with Crippen LogP contribution in [0.25, 0.3) is 22.0 Å². The molecule has 0 spiro atoms. The van der Waals surface area contributed by atoms with Crippen molar-refractivity contribution in [2.75, 3.05) is 57.4 Å². The van der Waals surface area contributed by atoms with E-state index in [0.717, 1.165) is 45.2 Å². The molecular weight excluding hydrogens is 642 g/mol. The summed E-state index contributed by atoms with van der Waals surface area (Å²) in [6.45, 7) is 12.6. The molecule has 254 valence electrons. The number of rotatable bonds is 6. The van der Waals surface area contributed by atoms with Crippen molar-refractivity contribution in [1.82, 2.24) is 24.3 Å². The minimum absolute atomic E-state index is 0.0836. The van der Waals surface area contributed by atoms with Crippen molar-refractivity contribution in [3.63, 3.8) is 0 Å². The summed E-state index contributed by atoms with van der Waals surface area (Å²) in [4.78, 5) is 40.4. The van der Waals surface area contributed by atoms with Gasteiger partial charge in [0.05, 0.1) is 35.8 Å². The summed E-state index contributed by atoms with van der Waals surface area (Å²) in [6.07, 6.45) is 3.61. The molecule has 0 N–H and O–H groups in total. The molecule has 2 unspecified atom stereocenters. The summed E-state index contributed by atoms with van der Waals surface area (Å²) in [5.41, 5.74) is 0.405. The molecule has 0 radical (unpaired) electrons. The molecule has 2 bridgehead atoms. The number of nitrogens with zero attached hydrogens (tertiary/aromatic N) is 6. The van der Waals surface area contributed by atoms with Crippen molar-refractivity contribution in [3.8, 4) is 16.9 Å². The first-order chi connectivity index (χ1) is 23.1. The van der Waals surface area contributed by atoms with Gasteiger partial charge in [0, 0.05) is 79.5 Å². The molecule has 5 atom stereocenters. The van der Waals surface area contributed by atoms with Crippen LogP contribution in [0.3, 0.4) is 0 Å². The fourth-order valence-corrected chi connectivity index (χ4v) is 8.96. The number of aromatic nitrogens is 2. The van der Waals surface area contributed by atoms with E-state index in [1.165, 1.54) is 18.2 Å². The van der Waals surface area contributed by atoms with Gasteiger partial charge in [-0.3, -0.25) is 19.2 Å². The summed E-state index contributed by atoms with van der Waals surface area (Å²) >= 11 is 6.94. The van der Waals surface area contributed by atoms with Gasteiger partial charge in [0.15, 0.2) is 5.75 Å². The largest absolute Gasteiger partial charge is 0.488 e. The van der Waals surface area contributed by atoms with Gasteiger partial charge in [-0.15, -0.1) is 0 Å². The summed E-state index contributed by atoms with van der Waals surface area (Å²) in [6, 6.07) is 5.74. The molecule has 4 saturated heterocycles. The number of anilines is 1. The molecule has 1 amide bonds. The summed E-state index contributed by atoms with van der Waals surface area (Å²) < 4.78 is 43.0. The molecule has 1 aromatic heterocycles. The molecule has 6 heterocycles. The van der Waals surface area contributed by atoms with Gasteiger partial charge in [-0.05, 0) is 51.0 Å². The topological polar surface area (TPSA) is 83.4 Å². The first kappa shape index (κ1) is 31.7. The molecule has 5 aliphatic heterocycles. The molecule has 13 heteroatoms. The number of likely N-dealkylation sites (tertiary alicyclic amines) is 1. The maximum Gasteiger partial charge on any atom is 0.350 e. The van der Waals surface area contributed by atoms with Gasteiger partial charge in [-0.25, -0.2) is 13.6 Å². The molecule has 0 saturated carbocycles. The van der Waals surface area contributed by atoms with E-state index in [1.54, 1.807) is 15.5 Å². The lowest BCUT2D eigenvalue weighted by Crippen LogP contribution is -2.62. The van der Waals surface area contributed by atoms with Gasteiger partial charge in [0.2, 0.25) is 5.91 Å². The maximum absolute atomic E-state index is 15.3. The number of ether oxygens (including phenoxy) is 2. The molecule has 10 nitrogen and oxygen atoms in total. The van der Waals surface area contributed by atoms with Crippen molar-refractivity contribution in [3.05, 3.63) is 64.1 Å². The lowest BCUT2D eigenvalue weighted by atomic mass is 9.99. The highest BCUT2D eigenvalue weighted by molar-refractivity contribution is 6.35. The Morgan fingerprint density at radius 1 is 1.04 bits per heavy atom. The summed E-state index contributed by atoms with van der Waals surface area (Å²) in [5, 5.41) is 0.798. The second kappa shape index (κ2) is 12.1. The Balaban J connectivity index is 1.22. The lowest BCUT2D eigenvalue weighted by Gasteiger charge is -2.48. The number of hydrogen-bond acceptors (Lipinski definition) is 8. The van der Waals surface area contributed by atoms with Crippen LogP contribution >= 0.6 is 11.6 Å². The Labute approximate surface area is 282 Å². The van der Waals surface area contributed by atoms with Crippen LogP contribution in [-0.2, 0) is 9.53 Å².